The Morgan fingerprint density at radius 2 is 2.29 bits per heavy atom. The molecular formula is C11H10N2O3S. The topological polar surface area (TPSA) is 72.2 Å². The van der Waals surface area contributed by atoms with E-state index in [9.17, 15) is 8.42 Å². The van der Waals surface area contributed by atoms with Gasteiger partial charge in [0.2, 0.25) is 0 Å². The molecule has 2 aromatic rings. The van der Waals surface area contributed by atoms with Crippen LogP contribution >= 0.6 is 0 Å². The van der Waals surface area contributed by atoms with Crippen molar-refractivity contribution in [1.82, 2.24) is 4.98 Å². The summed E-state index contributed by atoms with van der Waals surface area (Å²) < 4.78 is 27.8. The molecule has 0 spiro atoms. The van der Waals surface area contributed by atoms with Crippen LogP contribution in [0.15, 0.2) is 40.5 Å². The molecule has 5 nitrogen and oxygen atoms in total. The van der Waals surface area contributed by atoms with E-state index < -0.39 is 9.84 Å². The van der Waals surface area contributed by atoms with Crippen LogP contribution in [0.2, 0.25) is 0 Å². The van der Waals surface area contributed by atoms with Gasteiger partial charge in [-0.2, -0.15) is 0 Å². The predicted molar refractivity (Wildman–Crippen MR) is 64.3 cm³/mol. The van der Waals surface area contributed by atoms with Gasteiger partial charge in [0.05, 0.1) is 23.4 Å². The molecule has 6 heteroatoms. The van der Waals surface area contributed by atoms with Gasteiger partial charge >= 0.3 is 0 Å². The molecular weight excluding hydrogens is 240 g/mol. The van der Waals surface area contributed by atoms with Gasteiger partial charge in [0, 0.05) is 11.6 Å². The quantitative estimate of drug-likeness (QED) is 0.875. The average molecular weight is 250 g/mol. The maximum absolute atomic E-state index is 11.3. The SMILES string of the molecule is O=S1(=O)C=CC(Nc2nccc3occc23)C1. The molecule has 0 saturated carbocycles. The van der Waals surface area contributed by atoms with E-state index in [1.807, 2.05) is 0 Å². The predicted octanol–water partition coefficient (Wildman–Crippen LogP) is 1.55. The van der Waals surface area contributed by atoms with Gasteiger partial charge in [-0.25, -0.2) is 13.4 Å². The number of rotatable bonds is 2. The molecule has 1 aliphatic heterocycles. The van der Waals surface area contributed by atoms with E-state index in [0.717, 1.165) is 11.0 Å². The molecule has 1 N–H and O–H groups in total. The lowest BCUT2D eigenvalue weighted by Gasteiger charge is -2.10. The fourth-order valence-electron chi connectivity index (χ4n) is 1.85. The summed E-state index contributed by atoms with van der Waals surface area (Å²) in [5, 5.41) is 5.18. The number of furan rings is 1. The molecule has 1 unspecified atom stereocenters. The van der Waals surface area contributed by atoms with Gasteiger partial charge in [-0.05, 0) is 18.2 Å². The number of sulfone groups is 1. The van der Waals surface area contributed by atoms with E-state index in [1.165, 1.54) is 5.41 Å². The van der Waals surface area contributed by atoms with Crippen molar-refractivity contribution in [2.75, 3.05) is 11.1 Å². The van der Waals surface area contributed by atoms with E-state index in [1.54, 1.807) is 30.7 Å². The second-order valence-corrected chi connectivity index (χ2v) is 5.83. The highest BCUT2D eigenvalue weighted by atomic mass is 32.2. The third kappa shape index (κ3) is 1.91. The zero-order valence-electron chi connectivity index (χ0n) is 8.83. The van der Waals surface area contributed by atoms with Crippen molar-refractivity contribution < 1.29 is 12.8 Å². The van der Waals surface area contributed by atoms with Gasteiger partial charge in [-0.3, -0.25) is 0 Å². The lowest BCUT2D eigenvalue weighted by atomic mass is 10.3. The van der Waals surface area contributed by atoms with E-state index in [4.69, 9.17) is 4.42 Å². The smallest absolute Gasteiger partial charge is 0.173 e. The first-order valence-electron chi connectivity index (χ1n) is 5.14. The average Bonchev–Trinajstić information content (AvgIpc) is 2.85. The van der Waals surface area contributed by atoms with Crippen LogP contribution in [0.25, 0.3) is 11.0 Å². The Kier molecular flexibility index (Phi) is 2.19. The van der Waals surface area contributed by atoms with Crippen LogP contribution in [0.1, 0.15) is 0 Å². The normalized spacial score (nSPS) is 22.0. The van der Waals surface area contributed by atoms with Crippen LogP contribution in [-0.4, -0.2) is 25.2 Å². The number of fused-ring (bicyclic) bond motifs is 1. The second-order valence-electron chi connectivity index (χ2n) is 3.90. The molecule has 1 atom stereocenters. The summed E-state index contributed by atoms with van der Waals surface area (Å²) in [6.07, 6.45) is 4.84. The van der Waals surface area contributed by atoms with Crippen molar-refractivity contribution >= 4 is 26.6 Å². The number of anilines is 1. The molecule has 0 radical (unpaired) electrons. The Morgan fingerprint density at radius 3 is 3.06 bits per heavy atom. The van der Waals surface area contributed by atoms with Crippen LogP contribution in [0.3, 0.4) is 0 Å². The monoisotopic (exact) mass is 250 g/mol. The Labute approximate surface area is 98.1 Å². The number of aromatic nitrogens is 1. The lowest BCUT2D eigenvalue weighted by Crippen LogP contribution is -2.21. The summed E-state index contributed by atoms with van der Waals surface area (Å²) in [6.45, 7) is 0. The van der Waals surface area contributed by atoms with Crippen molar-refractivity contribution in [2.45, 2.75) is 6.04 Å². The van der Waals surface area contributed by atoms with E-state index in [2.05, 4.69) is 10.3 Å². The molecule has 0 aromatic carbocycles. The fourth-order valence-corrected chi connectivity index (χ4v) is 3.09. The summed E-state index contributed by atoms with van der Waals surface area (Å²) in [5.41, 5.74) is 0.729. The maximum Gasteiger partial charge on any atom is 0.173 e. The molecule has 1 aliphatic rings. The first-order chi connectivity index (χ1) is 8.14. The maximum atomic E-state index is 11.3. The third-order valence-electron chi connectivity index (χ3n) is 2.63. The molecule has 0 saturated heterocycles. The zero-order valence-corrected chi connectivity index (χ0v) is 9.65. The van der Waals surface area contributed by atoms with Gasteiger partial charge in [0.1, 0.15) is 11.4 Å². The van der Waals surface area contributed by atoms with E-state index in [0.29, 0.717) is 5.82 Å². The number of pyridine rings is 1. The van der Waals surface area contributed by atoms with Gasteiger partial charge in [0.25, 0.3) is 0 Å². The van der Waals surface area contributed by atoms with Crippen LogP contribution in [0.4, 0.5) is 5.82 Å². The number of hydrogen-bond acceptors (Lipinski definition) is 5. The number of nitrogens with zero attached hydrogens (tertiary/aromatic N) is 1. The summed E-state index contributed by atoms with van der Waals surface area (Å²) in [4.78, 5) is 4.19. The first-order valence-corrected chi connectivity index (χ1v) is 6.85. The minimum Gasteiger partial charge on any atom is -0.464 e. The van der Waals surface area contributed by atoms with Crippen molar-refractivity contribution in [2.24, 2.45) is 0 Å². The Bertz CT molecular complexity index is 688. The standard InChI is InChI=1S/C11H10N2O3S/c14-17(15)6-3-8(7-17)13-11-9-2-5-16-10(9)1-4-12-11/h1-6,8H,7H2,(H,12,13). The van der Waals surface area contributed by atoms with Crippen LogP contribution in [0.5, 0.6) is 0 Å². The van der Waals surface area contributed by atoms with Crippen molar-refractivity contribution in [3.8, 4) is 0 Å². The highest BCUT2D eigenvalue weighted by molar-refractivity contribution is 7.94. The first kappa shape index (κ1) is 10.3. The molecule has 3 heterocycles. The number of hydrogen-bond donors (Lipinski definition) is 1. The molecule has 2 aromatic heterocycles. The van der Waals surface area contributed by atoms with Gasteiger partial charge in [0.15, 0.2) is 9.84 Å². The Morgan fingerprint density at radius 1 is 1.41 bits per heavy atom. The fraction of sp³-hybridized carbons (Fsp3) is 0.182. The molecule has 0 aliphatic carbocycles. The lowest BCUT2D eigenvalue weighted by molar-refractivity contribution is 0.605. The molecule has 3 rings (SSSR count). The minimum atomic E-state index is -3.05. The summed E-state index contributed by atoms with van der Waals surface area (Å²) >= 11 is 0. The molecule has 0 amide bonds. The summed E-state index contributed by atoms with van der Waals surface area (Å²) in [7, 11) is -3.05. The minimum absolute atomic E-state index is 0.0723. The van der Waals surface area contributed by atoms with Gasteiger partial charge in [-0.15, -0.1) is 0 Å². The van der Waals surface area contributed by atoms with Crippen molar-refractivity contribution in [3.63, 3.8) is 0 Å². The molecule has 0 fully saturated rings. The van der Waals surface area contributed by atoms with Crippen LogP contribution < -0.4 is 5.32 Å². The van der Waals surface area contributed by atoms with Crippen molar-refractivity contribution in [3.05, 3.63) is 36.1 Å². The summed E-state index contributed by atoms with van der Waals surface area (Å²) in [6, 6.07) is 3.34. The van der Waals surface area contributed by atoms with E-state index >= 15 is 0 Å². The van der Waals surface area contributed by atoms with Crippen molar-refractivity contribution in [1.29, 1.82) is 0 Å². The largest absolute Gasteiger partial charge is 0.464 e. The third-order valence-corrected chi connectivity index (χ3v) is 4.03. The second kappa shape index (κ2) is 3.59. The van der Waals surface area contributed by atoms with Crippen LogP contribution in [0, 0.1) is 0 Å². The van der Waals surface area contributed by atoms with Gasteiger partial charge in [-0.1, -0.05) is 0 Å². The molecule has 0 bridgehead atoms. The zero-order chi connectivity index (χ0) is 11.9. The van der Waals surface area contributed by atoms with E-state index in [-0.39, 0.29) is 11.8 Å². The summed E-state index contributed by atoms with van der Waals surface area (Å²) in [5.74, 6) is 0.714. The highest BCUT2D eigenvalue weighted by Crippen LogP contribution is 2.23. The van der Waals surface area contributed by atoms with Crippen LogP contribution in [-0.2, 0) is 9.84 Å². The molecule has 88 valence electrons. The number of nitrogens with one attached hydrogen (secondary N) is 1. The molecule has 17 heavy (non-hydrogen) atoms. The Balaban J connectivity index is 1.91. The van der Waals surface area contributed by atoms with Gasteiger partial charge < -0.3 is 9.73 Å². The highest BCUT2D eigenvalue weighted by Gasteiger charge is 2.22. The Hall–Kier alpha value is -1.82.